The Bertz CT molecular complexity index is 947. The van der Waals surface area contributed by atoms with E-state index in [1.807, 2.05) is 34.5 Å². The van der Waals surface area contributed by atoms with Gasteiger partial charge >= 0.3 is 0 Å². The average molecular weight is 407 g/mol. The number of hydrogen-bond donors (Lipinski definition) is 0. The lowest BCUT2D eigenvalue weighted by molar-refractivity contribution is 0.0729. The van der Waals surface area contributed by atoms with Crippen molar-refractivity contribution < 1.29 is 9.53 Å². The lowest BCUT2D eigenvalue weighted by Gasteiger charge is -2.23. The molecule has 0 spiro atoms. The van der Waals surface area contributed by atoms with E-state index in [9.17, 15) is 4.79 Å². The highest BCUT2D eigenvalue weighted by atomic mass is 32.1. The average Bonchev–Trinajstić information content (AvgIpc) is 3.45. The van der Waals surface area contributed by atoms with Gasteiger partial charge in [0.15, 0.2) is 0 Å². The van der Waals surface area contributed by atoms with Gasteiger partial charge in [-0.15, -0.1) is 11.3 Å². The van der Waals surface area contributed by atoms with Gasteiger partial charge in [0, 0.05) is 23.5 Å². The van der Waals surface area contributed by atoms with E-state index in [1.54, 1.807) is 16.8 Å². The maximum Gasteiger partial charge on any atom is 0.254 e. The standard InChI is InChI=1S/C24H26N2O2S/c1-17(2)19-8-6-18(7-9-19)13-26(22-10-11-22)24(27)20-4-3-5-23(12-20)28-14-21-15-29-16-25-21/h3-9,12,15-17,22H,10-11,13-14H2,1-2H3. The van der Waals surface area contributed by atoms with Crippen LogP contribution in [-0.2, 0) is 13.2 Å². The van der Waals surface area contributed by atoms with E-state index in [1.165, 1.54) is 11.1 Å². The van der Waals surface area contributed by atoms with Gasteiger partial charge in [0.25, 0.3) is 5.91 Å². The maximum absolute atomic E-state index is 13.3. The summed E-state index contributed by atoms with van der Waals surface area (Å²) in [6, 6.07) is 16.4. The summed E-state index contributed by atoms with van der Waals surface area (Å²) < 4.78 is 5.82. The maximum atomic E-state index is 13.3. The Morgan fingerprint density at radius 3 is 2.66 bits per heavy atom. The van der Waals surface area contributed by atoms with E-state index in [2.05, 4.69) is 43.1 Å². The largest absolute Gasteiger partial charge is 0.487 e. The number of benzene rings is 2. The van der Waals surface area contributed by atoms with E-state index < -0.39 is 0 Å². The number of hydrogen-bond acceptors (Lipinski definition) is 4. The van der Waals surface area contributed by atoms with Crippen LogP contribution in [0.3, 0.4) is 0 Å². The molecule has 29 heavy (non-hydrogen) atoms. The van der Waals surface area contributed by atoms with Crippen molar-refractivity contribution in [2.45, 2.75) is 51.8 Å². The first-order valence-electron chi connectivity index (χ1n) is 10.1. The molecule has 1 aliphatic carbocycles. The number of carbonyl (C=O) groups excluding carboxylic acids is 1. The molecule has 5 heteroatoms. The van der Waals surface area contributed by atoms with Gasteiger partial charge in [-0.25, -0.2) is 4.98 Å². The third-order valence-corrected chi connectivity index (χ3v) is 5.83. The van der Waals surface area contributed by atoms with Crippen LogP contribution in [0.1, 0.15) is 59.8 Å². The molecule has 1 fully saturated rings. The predicted molar refractivity (Wildman–Crippen MR) is 116 cm³/mol. The van der Waals surface area contributed by atoms with Gasteiger partial charge in [0.1, 0.15) is 12.4 Å². The molecule has 150 valence electrons. The second kappa shape index (κ2) is 8.78. The predicted octanol–water partition coefficient (Wildman–Crippen LogP) is 5.65. The number of amides is 1. The molecule has 0 bridgehead atoms. The summed E-state index contributed by atoms with van der Waals surface area (Å²) in [5.41, 5.74) is 5.86. The van der Waals surface area contributed by atoms with Crippen LogP contribution in [0.4, 0.5) is 0 Å². The SMILES string of the molecule is CC(C)c1ccc(CN(C(=O)c2cccc(OCc3cscn3)c2)C2CC2)cc1. The van der Waals surface area contributed by atoms with E-state index in [0.717, 1.165) is 18.5 Å². The number of aromatic nitrogens is 1. The first-order valence-corrected chi connectivity index (χ1v) is 11.0. The summed E-state index contributed by atoms with van der Waals surface area (Å²) >= 11 is 1.55. The lowest BCUT2D eigenvalue weighted by Crippen LogP contribution is -2.32. The fourth-order valence-corrected chi connectivity index (χ4v) is 3.85. The van der Waals surface area contributed by atoms with E-state index in [-0.39, 0.29) is 5.91 Å². The Morgan fingerprint density at radius 1 is 1.21 bits per heavy atom. The van der Waals surface area contributed by atoms with Crippen molar-refractivity contribution in [1.82, 2.24) is 9.88 Å². The summed E-state index contributed by atoms with van der Waals surface area (Å²) in [5.74, 6) is 1.28. The van der Waals surface area contributed by atoms with Crippen LogP contribution in [0.2, 0.25) is 0 Å². The Morgan fingerprint density at radius 2 is 2.00 bits per heavy atom. The van der Waals surface area contributed by atoms with Crippen LogP contribution in [0.15, 0.2) is 59.4 Å². The second-order valence-corrected chi connectivity index (χ2v) is 8.58. The second-order valence-electron chi connectivity index (χ2n) is 7.86. The molecule has 0 unspecified atom stereocenters. The van der Waals surface area contributed by atoms with Gasteiger partial charge in [-0.3, -0.25) is 4.79 Å². The Kier molecular flexibility index (Phi) is 5.95. The highest BCUT2D eigenvalue weighted by molar-refractivity contribution is 7.07. The minimum atomic E-state index is 0.0690. The molecule has 4 nitrogen and oxygen atoms in total. The van der Waals surface area contributed by atoms with Crippen LogP contribution in [0, 0.1) is 0 Å². The zero-order valence-electron chi connectivity index (χ0n) is 16.9. The van der Waals surface area contributed by atoms with Crippen molar-refractivity contribution in [1.29, 1.82) is 0 Å². The quantitative estimate of drug-likeness (QED) is 0.485. The molecule has 1 aliphatic rings. The van der Waals surface area contributed by atoms with Crippen molar-refractivity contribution in [3.63, 3.8) is 0 Å². The highest BCUT2D eigenvalue weighted by Crippen LogP contribution is 2.30. The molecule has 2 aromatic carbocycles. The smallest absolute Gasteiger partial charge is 0.254 e. The summed E-state index contributed by atoms with van der Waals surface area (Å²) in [4.78, 5) is 19.5. The minimum absolute atomic E-state index is 0.0690. The van der Waals surface area contributed by atoms with Crippen LogP contribution < -0.4 is 4.74 Å². The van der Waals surface area contributed by atoms with Crippen molar-refractivity contribution >= 4 is 17.2 Å². The number of rotatable bonds is 8. The fraction of sp³-hybridized carbons (Fsp3) is 0.333. The van der Waals surface area contributed by atoms with E-state index >= 15 is 0 Å². The molecule has 0 radical (unpaired) electrons. The van der Waals surface area contributed by atoms with Crippen LogP contribution >= 0.6 is 11.3 Å². The topological polar surface area (TPSA) is 42.4 Å². The van der Waals surface area contributed by atoms with Gasteiger partial charge in [-0.1, -0.05) is 44.2 Å². The van der Waals surface area contributed by atoms with Crippen molar-refractivity contribution in [2.24, 2.45) is 0 Å². The molecule has 1 aromatic heterocycles. The molecule has 1 heterocycles. The highest BCUT2D eigenvalue weighted by Gasteiger charge is 2.33. The Balaban J connectivity index is 1.46. The van der Waals surface area contributed by atoms with Crippen LogP contribution in [0.25, 0.3) is 0 Å². The summed E-state index contributed by atoms with van der Waals surface area (Å²) in [5, 5.41) is 1.97. The van der Waals surface area contributed by atoms with Gasteiger partial charge in [-0.2, -0.15) is 0 Å². The molecule has 1 saturated carbocycles. The van der Waals surface area contributed by atoms with E-state index in [0.29, 0.717) is 36.4 Å². The Hall–Kier alpha value is -2.66. The molecule has 4 rings (SSSR count). The summed E-state index contributed by atoms with van der Waals surface area (Å²) in [6.07, 6.45) is 2.16. The third-order valence-electron chi connectivity index (χ3n) is 5.20. The minimum Gasteiger partial charge on any atom is -0.487 e. The van der Waals surface area contributed by atoms with Crippen molar-refractivity contribution in [2.75, 3.05) is 0 Å². The van der Waals surface area contributed by atoms with Crippen molar-refractivity contribution in [3.8, 4) is 5.75 Å². The van der Waals surface area contributed by atoms with E-state index in [4.69, 9.17) is 4.74 Å². The summed E-state index contributed by atoms with van der Waals surface area (Å²) in [7, 11) is 0. The monoisotopic (exact) mass is 406 g/mol. The molecule has 0 aliphatic heterocycles. The molecular weight excluding hydrogens is 380 g/mol. The molecule has 0 atom stereocenters. The van der Waals surface area contributed by atoms with Gasteiger partial charge in [0.2, 0.25) is 0 Å². The normalized spacial score (nSPS) is 13.5. The fourth-order valence-electron chi connectivity index (χ4n) is 3.31. The molecular formula is C24H26N2O2S. The van der Waals surface area contributed by atoms with Crippen LogP contribution in [-0.4, -0.2) is 21.8 Å². The third kappa shape index (κ3) is 5.04. The molecule has 3 aromatic rings. The Labute approximate surface area is 176 Å². The molecule has 1 amide bonds. The first-order chi connectivity index (χ1) is 14.1. The van der Waals surface area contributed by atoms with Gasteiger partial charge < -0.3 is 9.64 Å². The number of thiazole rings is 1. The van der Waals surface area contributed by atoms with Crippen molar-refractivity contribution in [3.05, 3.63) is 81.8 Å². The van der Waals surface area contributed by atoms with Crippen LogP contribution in [0.5, 0.6) is 5.75 Å². The number of ether oxygens (including phenoxy) is 1. The van der Waals surface area contributed by atoms with Gasteiger partial charge in [-0.05, 0) is 48.1 Å². The summed E-state index contributed by atoms with van der Waals surface area (Å²) in [6.45, 7) is 5.44. The zero-order valence-corrected chi connectivity index (χ0v) is 17.7. The first kappa shape index (κ1) is 19.6. The number of carbonyl (C=O) groups is 1. The number of nitrogens with zero attached hydrogens (tertiary/aromatic N) is 2. The lowest BCUT2D eigenvalue weighted by atomic mass is 10.0. The zero-order chi connectivity index (χ0) is 20.2. The molecule has 0 N–H and O–H groups in total. The molecule has 0 saturated heterocycles. The van der Waals surface area contributed by atoms with Gasteiger partial charge in [0.05, 0.1) is 11.2 Å².